The zero-order valence-electron chi connectivity index (χ0n) is 15.0. The van der Waals surface area contributed by atoms with Crippen molar-refractivity contribution < 1.29 is 18.1 Å². The maximum Gasteiger partial charge on any atom is 0.261 e. The number of hydrogen-bond donors (Lipinski definition) is 2. The number of anilines is 1. The van der Waals surface area contributed by atoms with Crippen molar-refractivity contribution in [2.45, 2.75) is 11.8 Å². The first-order valence-corrected chi connectivity index (χ1v) is 10.1. The molecule has 0 atom stereocenters. The SMILES string of the molecule is Cc1ccc(S(=O)(=O)Nc2ccc(C(=O)N3CC[NH+](C)CC3)cc2)cc1. The molecule has 0 unspecified atom stereocenters. The molecular formula is C19H24N3O3S+. The van der Waals surface area contributed by atoms with Gasteiger partial charge in [0.25, 0.3) is 15.9 Å². The molecule has 0 spiro atoms. The van der Waals surface area contributed by atoms with Gasteiger partial charge in [-0.3, -0.25) is 9.52 Å². The maximum absolute atomic E-state index is 12.5. The van der Waals surface area contributed by atoms with Crippen LogP contribution in [-0.4, -0.2) is 52.5 Å². The molecular weight excluding hydrogens is 350 g/mol. The van der Waals surface area contributed by atoms with E-state index in [1.54, 1.807) is 48.5 Å². The van der Waals surface area contributed by atoms with E-state index in [4.69, 9.17) is 0 Å². The third kappa shape index (κ3) is 4.23. The smallest absolute Gasteiger partial charge is 0.261 e. The Balaban J connectivity index is 1.69. The van der Waals surface area contributed by atoms with Crippen LogP contribution in [0.1, 0.15) is 15.9 Å². The highest BCUT2D eigenvalue weighted by Crippen LogP contribution is 2.18. The zero-order chi connectivity index (χ0) is 18.7. The lowest BCUT2D eigenvalue weighted by molar-refractivity contribution is -0.883. The molecule has 2 aromatic carbocycles. The van der Waals surface area contributed by atoms with Crippen molar-refractivity contribution in [2.75, 3.05) is 37.9 Å². The second-order valence-electron chi connectivity index (χ2n) is 6.75. The summed E-state index contributed by atoms with van der Waals surface area (Å²) in [5.41, 5.74) is 2.00. The standard InChI is InChI=1S/C19H23N3O3S/c1-15-3-9-18(10-4-15)26(24,25)20-17-7-5-16(6-8-17)19(23)22-13-11-21(2)12-14-22/h3-10,20H,11-14H2,1-2H3/p+1. The lowest BCUT2D eigenvalue weighted by Gasteiger charge is -2.30. The lowest BCUT2D eigenvalue weighted by Crippen LogP contribution is -3.12. The summed E-state index contributed by atoms with van der Waals surface area (Å²) in [5, 5.41) is 0. The molecule has 1 aliphatic heterocycles. The van der Waals surface area contributed by atoms with Crippen LogP contribution in [0, 0.1) is 6.92 Å². The monoisotopic (exact) mass is 374 g/mol. The molecule has 1 heterocycles. The Hall–Kier alpha value is -2.38. The topological polar surface area (TPSA) is 70.9 Å². The van der Waals surface area contributed by atoms with Crippen molar-refractivity contribution in [2.24, 2.45) is 0 Å². The van der Waals surface area contributed by atoms with E-state index in [-0.39, 0.29) is 10.8 Å². The second kappa shape index (κ2) is 7.47. The Morgan fingerprint density at radius 3 is 2.15 bits per heavy atom. The number of hydrogen-bond acceptors (Lipinski definition) is 3. The molecule has 138 valence electrons. The van der Waals surface area contributed by atoms with Gasteiger partial charge in [0.1, 0.15) is 0 Å². The van der Waals surface area contributed by atoms with Gasteiger partial charge >= 0.3 is 0 Å². The van der Waals surface area contributed by atoms with Crippen LogP contribution in [0.15, 0.2) is 53.4 Å². The van der Waals surface area contributed by atoms with Crippen LogP contribution in [0.25, 0.3) is 0 Å². The van der Waals surface area contributed by atoms with E-state index >= 15 is 0 Å². The first-order valence-electron chi connectivity index (χ1n) is 8.65. The molecule has 6 nitrogen and oxygen atoms in total. The van der Waals surface area contributed by atoms with Gasteiger partial charge in [0.05, 0.1) is 38.1 Å². The summed E-state index contributed by atoms with van der Waals surface area (Å²) in [6, 6.07) is 13.2. The fourth-order valence-electron chi connectivity index (χ4n) is 2.89. The van der Waals surface area contributed by atoms with Crippen molar-refractivity contribution in [1.29, 1.82) is 0 Å². The average molecular weight is 374 g/mol. The molecule has 0 bridgehead atoms. The molecule has 26 heavy (non-hydrogen) atoms. The van der Waals surface area contributed by atoms with Gasteiger partial charge in [-0.25, -0.2) is 8.42 Å². The first kappa shape index (κ1) is 18.4. The van der Waals surface area contributed by atoms with Crippen LogP contribution in [0.2, 0.25) is 0 Å². The summed E-state index contributed by atoms with van der Waals surface area (Å²) >= 11 is 0. The van der Waals surface area contributed by atoms with Crippen molar-refractivity contribution >= 4 is 21.6 Å². The van der Waals surface area contributed by atoms with Crippen molar-refractivity contribution in [3.63, 3.8) is 0 Å². The minimum atomic E-state index is -3.64. The highest BCUT2D eigenvalue weighted by Gasteiger charge is 2.22. The highest BCUT2D eigenvalue weighted by molar-refractivity contribution is 7.92. The second-order valence-corrected chi connectivity index (χ2v) is 8.43. The Labute approximate surface area is 154 Å². The Kier molecular flexibility index (Phi) is 5.29. The summed E-state index contributed by atoms with van der Waals surface area (Å²) < 4.78 is 27.4. The zero-order valence-corrected chi connectivity index (χ0v) is 15.8. The molecule has 1 amide bonds. The molecule has 2 aromatic rings. The number of carbonyl (C=O) groups is 1. The molecule has 0 radical (unpaired) electrons. The van der Waals surface area contributed by atoms with Gasteiger partial charge in [-0.15, -0.1) is 0 Å². The molecule has 7 heteroatoms. The van der Waals surface area contributed by atoms with Crippen LogP contribution in [0.4, 0.5) is 5.69 Å². The van der Waals surface area contributed by atoms with Crippen molar-refractivity contribution in [3.8, 4) is 0 Å². The minimum Gasteiger partial charge on any atom is -0.334 e. The van der Waals surface area contributed by atoms with E-state index in [1.165, 1.54) is 4.90 Å². The summed E-state index contributed by atoms with van der Waals surface area (Å²) in [4.78, 5) is 16.0. The molecule has 0 saturated carbocycles. The Bertz CT molecular complexity index is 869. The number of benzene rings is 2. The summed E-state index contributed by atoms with van der Waals surface area (Å²) in [7, 11) is -1.52. The van der Waals surface area contributed by atoms with Crippen LogP contribution < -0.4 is 9.62 Å². The molecule has 1 fully saturated rings. The molecule has 3 rings (SSSR count). The molecule has 2 N–H and O–H groups in total. The van der Waals surface area contributed by atoms with Gasteiger partial charge in [-0.2, -0.15) is 0 Å². The Morgan fingerprint density at radius 2 is 1.58 bits per heavy atom. The van der Waals surface area contributed by atoms with E-state index in [0.717, 1.165) is 31.7 Å². The van der Waals surface area contributed by atoms with E-state index in [0.29, 0.717) is 11.3 Å². The molecule has 0 aromatic heterocycles. The molecule has 1 saturated heterocycles. The van der Waals surface area contributed by atoms with Gasteiger partial charge in [0, 0.05) is 11.3 Å². The largest absolute Gasteiger partial charge is 0.334 e. The third-order valence-corrected chi connectivity index (χ3v) is 6.02. The predicted molar refractivity (Wildman–Crippen MR) is 101 cm³/mol. The number of sulfonamides is 1. The predicted octanol–water partition coefficient (Wildman–Crippen LogP) is 0.766. The number of nitrogens with one attached hydrogen (secondary N) is 2. The van der Waals surface area contributed by atoms with Crippen molar-refractivity contribution in [3.05, 3.63) is 59.7 Å². The number of aryl methyl sites for hydroxylation is 1. The molecule has 1 aliphatic rings. The minimum absolute atomic E-state index is 0.00885. The van der Waals surface area contributed by atoms with E-state index < -0.39 is 10.0 Å². The van der Waals surface area contributed by atoms with Crippen LogP contribution in [0.3, 0.4) is 0 Å². The van der Waals surface area contributed by atoms with Crippen LogP contribution in [-0.2, 0) is 10.0 Å². The van der Waals surface area contributed by atoms with Gasteiger partial charge in [0.15, 0.2) is 0 Å². The van der Waals surface area contributed by atoms with Gasteiger partial charge in [0.2, 0.25) is 0 Å². The lowest BCUT2D eigenvalue weighted by atomic mass is 10.1. The van der Waals surface area contributed by atoms with E-state index in [2.05, 4.69) is 11.8 Å². The number of amides is 1. The fraction of sp³-hybridized carbons (Fsp3) is 0.316. The summed E-state index contributed by atoms with van der Waals surface area (Å²) in [5.74, 6) is -0.00885. The summed E-state index contributed by atoms with van der Waals surface area (Å²) in [6.45, 7) is 5.28. The van der Waals surface area contributed by atoms with E-state index in [1.807, 2.05) is 11.8 Å². The van der Waals surface area contributed by atoms with Gasteiger partial charge in [-0.1, -0.05) is 17.7 Å². The van der Waals surface area contributed by atoms with Crippen LogP contribution >= 0.6 is 0 Å². The number of likely N-dealkylation sites (N-methyl/N-ethyl adjacent to an activating group) is 1. The Morgan fingerprint density at radius 1 is 1.00 bits per heavy atom. The number of quaternary nitrogens is 1. The molecule has 0 aliphatic carbocycles. The number of carbonyl (C=O) groups excluding carboxylic acids is 1. The van der Waals surface area contributed by atoms with Gasteiger partial charge < -0.3 is 9.80 Å². The average Bonchev–Trinajstić information content (AvgIpc) is 2.62. The quantitative estimate of drug-likeness (QED) is 0.830. The highest BCUT2D eigenvalue weighted by atomic mass is 32.2. The number of nitrogens with zero attached hydrogens (tertiary/aromatic N) is 1. The summed E-state index contributed by atoms with van der Waals surface area (Å²) in [6.07, 6.45) is 0. The van der Waals surface area contributed by atoms with Crippen LogP contribution in [0.5, 0.6) is 0 Å². The van der Waals surface area contributed by atoms with Gasteiger partial charge in [-0.05, 0) is 43.3 Å². The third-order valence-electron chi connectivity index (χ3n) is 4.62. The maximum atomic E-state index is 12.5. The fourth-order valence-corrected chi connectivity index (χ4v) is 3.95. The normalized spacial score (nSPS) is 15.7. The first-order chi connectivity index (χ1) is 12.3. The number of rotatable bonds is 4. The van der Waals surface area contributed by atoms with E-state index in [9.17, 15) is 13.2 Å². The van der Waals surface area contributed by atoms with Crippen molar-refractivity contribution in [1.82, 2.24) is 4.90 Å². The number of piperazine rings is 1.